The molecule has 6 heteroatoms. The van der Waals surface area contributed by atoms with Gasteiger partial charge in [0.05, 0.1) is 12.4 Å². The molecule has 0 spiro atoms. The predicted molar refractivity (Wildman–Crippen MR) is 66.7 cm³/mol. The second kappa shape index (κ2) is 7.39. The average Bonchev–Trinajstić information content (AvgIpc) is 2.34. The Bertz CT molecular complexity index is 406. The minimum atomic E-state index is -3.21. The summed E-state index contributed by atoms with van der Waals surface area (Å²) in [6.45, 7) is 0.704. The molecule has 1 rings (SSSR count). The number of nitrogens with one attached hydrogen (secondary N) is 1. The van der Waals surface area contributed by atoms with Crippen molar-refractivity contribution in [3.63, 3.8) is 0 Å². The molecule has 0 saturated carbocycles. The van der Waals surface area contributed by atoms with E-state index in [1.807, 2.05) is 30.3 Å². The van der Waals surface area contributed by atoms with Gasteiger partial charge in [-0.2, -0.15) is 0 Å². The number of sulfonamides is 1. The zero-order valence-electron chi connectivity index (χ0n) is 9.63. The molecule has 0 aromatic heterocycles. The molecule has 0 aliphatic rings. The van der Waals surface area contributed by atoms with E-state index in [0.717, 1.165) is 5.56 Å². The summed E-state index contributed by atoms with van der Waals surface area (Å²) in [6.07, 6.45) is 1.09. The van der Waals surface area contributed by atoms with Crippen molar-refractivity contribution < 1.29 is 13.3 Å². The van der Waals surface area contributed by atoms with Crippen LogP contribution in [0.5, 0.6) is 0 Å². The van der Waals surface area contributed by atoms with Gasteiger partial charge >= 0.3 is 0 Å². The van der Waals surface area contributed by atoms with Crippen molar-refractivity contribution in [1.82, 2.24) is 4.72 Å². The zero-order chi connectivity index (χ0) is 12.6. The van der Waals surface area contributed by atoms with Crippen LogP contribution in [0.2, 0.25) is 0 Å². The highest BCUT2D eigenvalue weighted by atomic mass is 32.2. The first-order valence-electron chi connectivity index (χ1n) is 5.47. The Kier molecular flexibility index (Phi) is 6.13. The van der Waals surface area contributed by atoms with E-state index >= 15 is 0 Å². The minimum Gasteiger partial charge on any atom is -0.305 e. The molecule has 0 unspecified atom stereocenters. The highest BCUT2D eigenvalue weighted by Crippen LogP contribution is 2.01. The van der Waals surface area contributed by atoms with Gasteiger partial charge in [-0.1, -0.05) is 30.3 Å². The number of hydrogen-bond acceptors (Lipinski definition) is 4. The van der Waals surface area contributed by atoms with Crippen molar-refractivity contribution in [2.75, 3.05) is 18.9 Å². The lowest BCUT2D eigenvalue weighted by molar-refractivity contribution is 0.136. The molecule has 0 heterocycles. The van der Waals surface area contributed by atoms with Crippen LogP contribution in [0.3, 0.4) is 0 Å². The first kappa shape index (κ1) is 14.1. The van der Waals surface area contributed by atoms with Crippen molar-refractivity contribution in [3.8, 4) is 0 Å². The molecule has 0 aliphatic heterocycles. The van der Waals surface area contributed by atoms with E-state index in [1.165, 1.54) is 0 Å². The molecule has 3 N–H and O–H groups in total. The summed E-state index contributed by atoms with van der Waals surface area (Å²) < 4.78 is 25.7. The minimum absolute atomic E-state index is 0.0977. The second-order valence-corrected chi connectivity index (χ2v) is 5.60. The van der Waals surface area contributed by atoms with Crippen LogP contribution in [0, 0.1) is 0 Å². The number of aryl methyl sites for hydroxylation is 1. The van der Waals surface area contributed by atoms with E-state index < -0.39 is 10.0 Å². The maximum Gasteiger partial charge on any atom is 0.211 e. The zero-order valence-corrected chi connectivity index (χ0v) is 10.4. The molecule has 5 nitrogen and oxygen atoms in total. The van der Waals surface area contributed by atoms with Crippen LogP contribution < -0.4 is 10.6 Å². The number of rotatable bonds is 8. The van der Waals surface area contributed by atoms with E-state index in [1.54, 1.807) is 0 Å². The lowest BCUT2D eigenvalue weighted by Gasteiger charge is -2.06. The van der Waals surface area contributed by atoms with Crippen LogP contribution in [0.25, 0.3) is 0 Å². The lowest BCUT2D eigenvalue weighted by atomic mass is 10.2. The molecule has 0 aliphatic carbocycles. The van der Waals surface area contributed by atoms with Gasteiger partial charge in [0.2, 0.25) is 10.0 Å². The average molecular weight is 258 g/mol. The van der Waals surface area contributed by atoms with Crippen LogP contribution in [0.15, 0.2) is 30.3 Å². The van der Waals surface area contributed by atoms with E-state index in [4.69, 9.17) is 5.90 Å². The monoisotopic (exact) mass is 258 g/mol. The van der Waals surface area contributed by atoms with Crippen molar-refractivity contribution in [2.45, 2.75) is 12.8 Å². The van der Waals surface area contributed by atoms with E-state index in [-0.39, 0.29) is 5.75 Å². The molecule has 0 atom stereocenters. The predicted octanol–water partition coefficient (Wildman–Crippen LogP) is 0.429. The third-order valence-corrected chi connectivity index (χ3v) is 3.65. The molecule has 96 valence electrons. The van der Waals surface area contributed by atoms with Gasteiger partial charge in [-0.3, -0.25) is 0 Å². The van der Waals surface area contributed by atoms with Crippen molar-refractivity contribution in [1.29, 1.82) is 0 Å². The number of hydrogen-bond donors (Lipinski definition) is 2. The summed E-state index contributed by atoms with van der Waals surface area (Å²) >= 11 is 0. The van der Waals surface area contributed by atoms with Gasteiger partial charge in [0.25, 0.3) is 0 Å². The van der Waals surface area contributed by atoms with Crippen LogP contribution in [-0.4, -0.2) is 27.3 Å². The molecular weight excluding hydrogens is 240 g/mol. The summed E-state index contributed by atoms with van der Waals surface area (Å²) in [5.41, 5.74) is 1.02. The molecule has 0 bridgehead atoms. The molecule has 0 fully saturated rings. The maximum atomic E-state index is 11.6. The van der Waals surface area contributed by atoms with Crippen molar-refractivity contribution in [3.05, 3.63) is 35.9 Å². The molecule has 1 aromatic rings. The van der Waals surface area contributed by atoms with Gasteiger partial charge in [0, 0.05) is 6.54 Å². The number of nitrogens with two attached hydrogens (primary N) is 1. The Labute approximate surface area is 102 Å². The van der Waals surface area contributed by atoms with Crippen LogP contribution >= 0.6 is 0 Å². The molecule has 17 heavy (non-hydrogen) atoms. The Balaban J connectivity index is 2.30. The molecule has 1 aromatic carbocycles. The standard InChI is InChI=1S/C11H18N2O3S/c12-16-9-4-8-13-17(14,15)10-7-11-5-2-1-3-6-11/h1-3,5-6,13H,4,7-10,12H2. The Hall–Kier alpha value is -0.950. The summed E-state index contributed by atoms with van der Waals surface area (Å²) in [5.74, 6) is 4.93. The van der Waals surface area contributed by atoms with Crippen molar-refractivity contribution in [2.24, 2.45) is 5.90 Å². The second-order valence-electron chi connectivity index (χ2n) is 3.67. The van der Waals surface area contributed by atoms with Gasteiger partial charge in [-0.15, -0.1) is 0 Å². The van der Waals surface area contributed by atoms with Crippen molar-refractivity contribution >= 4 is 10.0 Å². The van der Waals surface area contributed by atoms with Crippen LogP contribution in [0.4, 0.5) is 0 Å². The van der Waals surface area contributed by atoms with Gasteiger partial charge in [-0.25, -0.2) is 19.0 Å². The van der Waals surface area contributed by atoms with Gasteiger partial charge in [0.1, 0.15) is 0 Å². The highest BCUT2D eigenvalue weighted by molar-refractivity contribution is 7.89. The van der Waals surface area contributed by atoms with E-state index in [9.17, 15) is 8.42 Å². The fourth-order valence-corrected chi connectivity index (χ4v) is 2.46. The topological polar surface area (TPSA) is 81.4 Å². The molecule has 0 amide bonds. The Morgan fingerprint density at radius 1 is 1.24 bits per heavy atom. The molecule has 0 saturated heterocycles. The normalized spacial score (nSPS) is 11.6. The van der Waals surface area contributed by atoms with Gasteiger partial charge in [-0.05, 0) is 18.4 Å². The smallest absolute Gasteiger partial charge is 0.211 e. The van der Waals surface area contributed by atoms with Crippen LogP contribution in [0.1, 0.15) is 12.0 Å². The fraction of sp³-hybridized carbons (Fsp3) is 0.455. The first-order valence-corrected chi connectivity index (χ1v) is 7.12. The number of benzene rings is 1. The summed E-state index contributed by atoms with van der Waals surface area (Å²) in [6, 6.07) is 9.53. The van der Waals surface area contributed by atoms with Crippen LogP contribution in [-0.2, 0) is 21.3 Å². The third-order valence-electron chi connectivity index (χ3n) is 2.26. The van der Waals surface area contributed by atoms with Gasteiger partial charge in [0.15, 0.2) is 0 Å². The third kappa shape index (κ3) is 6.38. The highest BCUT2D eigenvalue weighted by Gasteiger charge is 2.09. The van der Waals surface area contributed by atoms with Gasteiger partial charge < -0.3 is 4.84 Å². The maximum absolute atomic E-state index is 11.6. The summed E-state index contributed by atoms with van der Waals surface area (Å²) in [4.78, 5) is 4.35. The summed E-state index contributed by atoms with van der Waals surface area (Å²) in [5, 5.41) is 0. The summed E-state index contributed by atoms with van der Waals surface area (Å²) in [7, 11) is -3.21. The largest absolute Gasteiger partial charge is 0.305 e. The fourth-order valence-electron chi connectivity index (χ4n) is 1.35. The lowest BCUT2D eigenvalue weighted by Crippen LogP contribution is -2.29. The SMILES string of the molecule is NOCCCNS(=O)(=O)CCc1ccccc1. The van der Waals surface area contributed by atoms with E-state index in [2.05, 4.69) is 9.56 Å². The Morgan fingerprint density at radius 2 is 1.94 bits per heavy atom. The molecular formula is C11H18N2O3S. The quantitative estimate of drug-likeness (QED) is 0.523. The van der Waals surface area contributed by atoms with E-state index in [0.29, 0.717) is 26.0 Å². The first-order chi connectivity index (χ1) is 8.14. The molecule has 0 radical (unpaired) electrons. The Morgan fingerprint density at radius 3 is 2.59 bits per heavy atom.